The van der Waals surface area contributed by atoms with E-state index in [0.29, 0.717) is 11.1 Å². The summed E-state index contributed by atoms with van der Waals surface area (Å²) < 4.78 is 26.6. The van der Waals surface area contributed by atoms with Gasteiger partial charge in [0.05, 0.1) is 0 Å². The van der Waals surface area contributed by atoms with Crippen LogP contribution < -0.4 is 0 Å². The van der Waals surface area contributed by atoms with E-state index in [2.05, 4.69) is 22.9 Å². The van der Waals surface area contributed by atoms with Crippen LogP contribution in [-0.4, -0.2) is 0 Å². The second-order valence-corrected chi connectivity index (χ2v) is 5.56. The first-order chi connectivity index (χ1) is 6.94. The Balaban J connectivity index is 2.39. The van der Waals surface area contributed by atoms with Crippen LogP contribution in [0.15, 0.2) is 12.1 Å². The molecule has 1 fully saturated rings. The number of hydrogen-bond acceptors (Lipinski definition) is 0. The monoisotopic (exact) mass is 274 g/mol. The van der Waals surface area contributed by atoms with Gasteiger partial charge in [0, 0.05) is 16.5 Å². The molecule has 1 aromatic carbocycles. The molecular formula is C12H13BrF2. The molecule has 0 saturated heterocycles. The molecule has 0 amide bonds. The van der Waals surface area contributed by atoms with Crippen molar-refractivity contribution in [2.75, 3.05) is 0 Å². The number of aryl methyl sites for hydroxylation is 1. The summed E-state index contributed by atoms with van der Waals surface area (Å²) in [5, 5.41) is 0. The summed E-state index contributed by atoms with van der Waals surface area (Å²) in [6.45, 7) is 3.78. The maximum absolute atomic E-state index is 13.6. The molecule has 0 nitrogen and oxygen atoms in total. The van der Waals surface area contributed by atoms with E-state index in [9.17, 15) is 8.78 Å². The highest BCUT2D eigenvalue weighted by Crippen LogP contribution is 2.58. The van der Waals surface area contributed by atoms with Gasteiger partial charge in [-0.2, -0.15) is 0 Å². The molecule has 82 valence electrons. The number of halogens is 3. The van der Waals surface area contributed by atoms with Crippen LogP contribution in [0.3, 0.4) is 0 Å². The quantitative estimate of drug-likeness (QED) is 0.697. The topological polar surface area (TPSA) is 0 Å². The third kappa shape index (κ3) is 1.94. The van der Waals surface area contributed by atoms with Crippen LogP contribution in [0.5, 0.6) is 0 Å². The molecule has 0 spiro atoms. The molecule has 1 aromatic rings. The van der Waals surface area contributed by atoms with Gasteiger partial charge in [-0.3, -0.25) is 0 Å². The summed E-state index contributed by atoms with van der Waals surface area (Å²) in [6.07, 6.45) is 2.19. The highest BCUT2D eigenvalue weighted by Gasteiger charge is 2.45. The Hall–Kier alpha value is -0.440. The first kappa shape index (κ1) is 11.1. The molecule has 15 heavy (non-hydrogen) atoms. The zero-order chi connectivity index (χ0) is 11.2. The first-order valence-electron chi connectivity index (χ1n) is 5.04. The third-order valence-corrected chi connectivity index (χ3v) is 4.80. The van der Waals surface area contributed by atoms with Crippen molar-refractivity contribution in [2.24, 2.45) is 5.41 Å². The lowest BCUT2D eigenvalue weighted by Crippen LogP contribution is -2.06. The average molecular weight is 275 g/mol. The highest BCUT2D eigenvalue weighted by molar-refractivity contribution is 9.09. The Morgan fingerprint density at radius 3 is 2.40 bits per heavy atom. The lowest BCUT2D eigenvalue weighted by molar-refractivity contribution is 0.518. The molecule has 1 aliphatic rings. The minimum Gasteiger partial charge on any atom is -0.207 e. The van der Waals surface area contributed by atoms with E-state index in [0.717, 1.165) is 18.9 Å². The molecule has 1 atom stereocenters. The molecule has 0 bridgehead atoms. The molecular weight excluding hydrogens is 262 g/mol. The van der Waals surface area contributed by atoms with Gasteiger partial charge < -0.3 is 0 Å². The molecule has 3 heteroatoms. The summed E-state index contributed by atoms with van der Waals surface area (Å²) >= 11 is 3.52. The van der Waals surface area contributed by atoms with Crippen LogP contribution in [0.1, 0.15) is 35.7 Å². The van der Waals surface area contributed by atoms with E-state index in [1.54, 1.807) is 13.0 Å². The predicted octanol–water partition coefficient (Wildman–Crippen LogP) is 4.51. The molecule has 0 N–H and O–H groups in total. The molecule has 0 aromatic heterocycles. The van der Waals surface area contributed by atoms with Crippen molar-refractivity contribution < 1.29 is 8.78 Å². The van der Waals surface area contributed by atoms with E-state index >= 15 is 0 Å². The normalized spacial score (nSPS) is 20.1. The Labute approximate surface area is 96.8 Å². The zero-order valence-electron chi connectivity index (χ0n) is 8.78. The maximum Gasteiger partial charge on any atom is 0.130 e. The van der Waals surface area contributed by atoms with Crippen molar-refractivity contribution >= 4 is 15.9 Å². The second-order valence-electron chi connectivity index (χ2n) is 4.64. The second kappa shape index (κ2) is 3.55. The molecule has 0 aliphatic heterocycles. The van der Waals surface area contributed by atoms with Crippen LogP contribution in [0.2, 0.25) is 0 Å². The number of benzene rings is 1. The largest absolute Gasteiger partial charge is 0.207 e. The molecule has 1 unspecified atom stereocenters. The zero-order valence-corrected chi connectivity index (χ0v) is 10.4. The minimum atomic E-state index is -0.475. The van der Waals surface area contributed by atoms with Crippen LogP contribution >= 0.6 is 15.9 Å². The first-order valence-corrected chi connectivity index (χ1v) is 5.95. The van der Waals surface area contributed by atoms with E-state index < -0.39 is 11.6 Å². The van der Waals surface area contributed by atoms with E-state index in [4.69, 9.17) is 0 Å². The fourth-order valence-electron chi connectivity index (χ4n) is 1.70. The Bertz CT molecular complexity index is 397. The van der Waals surface area contributed by atoms with Crippen molar-refractivity contribution in [1.82, 2.24) is 0 Å². The van der Waals surface area contributed by atoms with E-state index in [1.165, 1.54) is 0 Å². The van der Waals surface area contributed by atoms with Crippen LogP contribution in [-0.2, 0) is 0 Å². The van der Waals surface area contributed by atoms with Gasteiger partial charge in [0.2, 0.25) is 0 Å². The Morgan fingerprint density at radius 2 is 1.87 bits per heavy atom. The van der Waals surface area contributed by atoms with Gasteiger partial charge in [0.15, 0.2) is 0 Å². The molecule has 1 aliphatic carbocycles. The molecule has 2 rings (SSSR count). The third-order valence-electron chi connectivity index (χ3n) is 3.20. The summed E-state index contributed by atoms with van der Waals surface area (Å²) in [5.41, 5.74) is 1.22. The lowest BCUT2D eigenvalue weighted by atomic mass is 9.96. The minimum absolute atomic E-state index is 0.00991. The van der Waals surface area contributed by atoms with Gasteiger partial charge in [0.25, 0.3) is 0 Å². The standard InChI is InChI=1S/C12H13BrF2/c1-7-5-8(10(15)6-9(7)14)11(13)12(2)3-4-12/h5-6,11H,3-4H2,1-2H3. The Morgan fingerprint density at radius 1 is 1.27 bits per heavy atom. The van der Waals surface area contributed by atoms with Crippen molar-refractivity contribution in [2.45, 2.75) is 31.5 Å². The van der Waals surface area contributed by atoms with Crippen molar-refractivity contribution in [3.63, 3.8) is 0 Å². The smallest absolute Gasteiger partial charge is 0.130 e. The molecule has 1 saturated carbocycles. The average Bonchev–Trinajstić information content (AvgIpc) is 2.90. The summed E-state index contributed by atoms with van der Waals surface area (Å²) in [4.78, 5) is -0.00991. The summed E-state index contributed by atoms with van der Waals surface area (Å²) in [6, 6.07) is 2.58. The summed E-state index contributed by atoms with van der Waals surface area (Å²) in [7, 11) is 0. The number of alkyl halides is 1. The van der Waals surface area contributed by atoms with Crippen LogP contribution in [0, 0.1) is 24.0 Å². The van der Waals surface area contributed by atoms with Gasteiger partial charge in [-0.1, -0.05) is 22.9 Å². The van der Waals surface area contributed by atoms with Crippen molar-refractivity contribution in [3.8, 4) is 0 Å². The van der Waals surface area contributed by atoms with Gasteiger partial charge in [-0.15, -0.1) is 0 Å². The number of hydrogen-bond donors (Lipinski definition) is 0. The van der Waals surface area contributed by atoms with Crippen LogP contribution in [0.4, 0.5) is 8.78 Å². The van der Waals surface area contributed by atoms with Crippen molar-refractivity contribution in [1.29, 1.82) is 0 Å². The summed E-state index contributed by atoms with van der Waals surface area (Å²) in [5.74, 6) is -0.926. The van der Waals surface area contributed by atoms with Gasteiger partial charge in [0.1, 0.15) is 11.6 Å². The van der Waals surface area contributed by atoms with Gasteiger partial charge in [-0.05, 0) is 36.8 Å². The van der Waals surface area contributed by atoms with E-state index in [-0.39, 0.29) is 10.2 Å². The SMILES string of the molecule is Cc1cc(C(Br)C2(C)CC2)c(F)cc1F. The lowest BCUT2D eigenvalue weighted by Gasteiger charge is -2.18. The van der Waals surface area contributed by atoms with Gasteiger partial charge in [-0.25, -0.2) is 8.78 Å². The molecule has 0 radical (unpaired) electrons. The molecule has 0 heterocycles. The predicted molar refractivity (Wildman–Crippen MR) is 60.1 cm³/mol. The van der Waals surface area contributed by atoms with Gasteiger partial charge >= 0.3 is 0 Å². The van der Waals surface area contributed by atoms with Crippen LogP contribution in [0.25, 0.3) is 0 Å². The maximum atomic E-state index is 13.6. The van der Waals surface area contributed by atoms with Crippen molar-refractivity contribution in [3.05, 3.63) is 34.9 Å². The fraction of sp³-hybridized carbons (Fsp3) is 0.500. The van der Waals surface area contributed by atoms with E-state index in [1.807, 2.05) is 0 Å². The fourth-order valence-corrected chi connectivity index (χ4v) is 2.51. The number of rotatable bonds is 2. The Kier molecular flexibility index (Phi) is 2.61. The highest BCUT2D eigenvalue weighted by atomic mass is 79.9.